The first-order valence-electron chi connectivity index (χ1n) is 11.6. The van der Waals surface area contributed by atoms with Gasteiger partial charge in [0, 0.05) is 24.0 Å². The molecule has 0 spiro atoms. The number of carbonyl (C=O) groups is 2. The van der Waals surface area contributed by atoms with Gasteiger partial charge < -0.3 is 14.8 Å². The van der Waals surface area contributed by atoms with Crippen molar-refractivity contribution in [3.05, 3.63) is 64.8 Å². The number of benzene rings is 2. The van der Waals surface area contributed by atoms with Gasteiger partial charge in [-0.2, -0.15) is 10.5 Å². The Bertz CT molecular complexity index is 1500. The number of rotatable bonds is 4. The van der Waals surface area contributed by atoms with Gasteiger partial charge in [0.25, 0.3) is 0 Å². The van der Waals surface area contributed by atoms with Gasteiger partial charge in [0.2, 0.25) is 5.95 Å². The molecule has 0 fully saturated rings. The van der Waals surface area contributed by atoms with Gasteiger partial charge in [-0.05, 0) is 76.1 Å². The molecule has 1 atom stereocenters. The number of carbonyl (C=O) groups excluding carboxylic acids is 2. The van der Waals surface area contributed by atoms with Crippen molar-refractivity contribution < 1.29 is 14.3 Å². The van der Waals surface area contributed by atoms with E-state index in [1.165, 1.54) is 4.90 Å². The van der Waals surface area contributed by atoms with Crippen LogP contribution in [-0.4, -0.2) is 34.5 Å². The Morgan fingerprint density at radius 3 is 2.59 bits per heavy atom. The fraction of sp³-hybridized carbons (Fsp3) is 0.286. The second-order valence-corrected chi connectivity index (χ2v) is 10.2. The predicted molar refractivity (Wildman–Crippen MR) is 138 cm³/mol. The van der Waals surface area contributed by atoms with E-state index in [1.807, 2.05) is 13.0 Å². The van der Waals surface area contributed by atoms with Crippen molar-refractivity contribution in [1.29, 1.82) is 10.5 Å². The smallest absolute Gasteiger partial charge is 0.414 e. The third-order valence-electron chi connectivity index (χ3n) is 6.04. The van der Waals surface area contributed by atoms with Gasteiger partial charge in [-0.25, -0.2) is 14.8 Å². The van der Waals surface area contributed by atoms with E-state index in [0.717, 1.165) is 11.8 Å². The van der Waals surface area contributed by atoms with Gasteiger partial charge in [-0.15, -0.1) is 0 Å². The molecule has 0 aliphatic carbocycles. The number of amides is 1. The summed E-state index contributed by atoms with van der Waals surface area (Å²) in [5.41, 5.74) is 2.62. The largest absolute Gasteiger partial charge is 0.443 e. The topological polar surface area (TPSA) is 132 Å². The number of ether oxygens (including phenoxy) is 1. The number of hydrogen-bond acceptors (Lipinski definition) is 8. The van der Waals surface area contributed by atoms with E-state index in [9.17, 15) is 20.1 Å². The zero-order chi connectivity index (χ0) is 27.0. The van der Waals surface area contributed by atoms with Crippen molar-refractivity contribution in [2.75, 3.05) is 16.8 Å². The molecule has 1 aliphatic rings. The molecule has 9 nitrogen and oxygen atoms in total. The highest BCUT2D eigenvalue weighted by molar-refractivity contribution is 5.98. The molecule has 186 valence electrons. The van der Waals surface area contributed by atoms with Crippen LogP contribution < -0.4 is 10.2 Å². The molecule has 3 aromatic rings. The van der Waals surface area contributed by atoms with Crippen molar-refractivity contribution in [3.63, 3.8) is 0 Å². The lowest BCUT2D eigenvalue weighted by molar-refractivity contribution is -0.111. The van der Waals surface area contributed by atoms with Crippen molar-refractivity contribution in [2.24, 2.45) is 0 Å². The van der Waals surface area contributed by atoms with Crippen molar-refractivity contribution in [2.45, 2.75) is 45.6 Å². The summed E-state index contributed by atoms with van der Waals surface area (Å²) in [6.45, 7) is 8.97. The summed E-state index contributed by atoms with van der Waals surface area (Å²) in [6, 6.07) is 14.7. The lowest BCUT2D eigenvalue weighted by atomic mass is 9.84. The zero-order valence-corrected chi connectivity index (χ0v) is 21.3. The van der Waals surface area contributed by atoms with Crippen molar-refractivity contribution in [3.8, 4) is 23.4 Å². The normalized spacial score (nSPS) is 16.4. The molecule has 1 aliphatic heterocycles. The van der Waals surface area contributed by atoms with Crippen LogP contribution in [0, 0.1) is 29.6 Å². The summed E-state index contributed by atoms with van der Waals surface area (Å²) < 4.78 is 5.54. The maximum absolute atomic E-state index is 13.0. The number of anilines is 3. The van der Waals surface area contributed by atoms with Crippen LogP contribution in [0.25, 0.3) is 11.3 Å². The number of aldehydes is 1. The van der Waals surface area contributed by atoms with Crippen LogP contribution in [0.2, 0.25) is 0 Å². The summed E-state index contributed by atoms with van der Waals surface area (Å²) in [5, 5.41) is 22.4. The molecular weight excluding hydrogens is 468 g/mol. The molecule has 37 heavy (non-hydrogen) atoms. The van der Waals surface area contributed by atoms with Gasteiger partial charge in [-0.3, -0.25) is 4.90 Å². The number of nitrogens with zero attached hydrogens (tertiary/aromatic N) is 5. The van der Waals surface area contributed by atoms with E-state index in [-0.39, 0.29) is 12.1 Å². The first-order valence-corrected chi connectivity index (χ1v) is 11.6. The van der Waals surface area contributed by atoms with Crippen molar-refractivity contribution in [1.82, 2.24) is 9.97 Å². The fourth-order valence-electron chi connectivity index (χ4n) is 4.19. The number of aryl methyl sites for hydroxylation is 1. The zero-order valence-electron chi connectivity index (χ0n) is 21.3. The predicted octanol–water partition coefficient (Wildman–Crippen LogP) is 5.15. The molecule has 0 saturated heterocycles. The summed E-state index contributed by atoms with van der Waals surface area (Å²) in [5.74, 6) is 0.309. The number of nitrogens with one attached hydrogen (secondary N) is 1. The van der Waals surface area contributed by atoms with E-state index in [1.54, 1.807) is 64.2 Å². The molecule has 9 heteroatoms. The van der Waals surface area contributed by atoms with Crippen LogP contribution in [-0.2, 0) is 14.9 Å². The third kappa shape index (κ3) is 4.98. The highest BCUT2D eigenvalue weighted by atomic mass is 16.6. The lowest BCUT2D eigenvalue weighted by Gasteiger charge is -2.26. The standard InChI is InChI=1S/C28H26N6O3/c1-17-6-7-18(13-29)10-23(17)33-25-31-9-8-22(32-25)19-11-20(14-30)24-21(12-19)28(5,16-35)15-34(24)26(36)37-27(2,3)4/h6-12,16H,15H2,1-5H3,(H,31,32,33). The van der Waals surface area contributed by atoms with Crippen molar-refractivity contribution >= 4 is 29.7 Å². The molecule has 1 unspecified atom stereocenters. The molecule has 1 aromatic heterocycles. The van der Waals surface area contributed by atoms with Crippen LogP contribution in [0.3, 0.4) is 0 Å². The first-order chi connectivity index (χ1) is 17.5. The second kappa shape index (κ2) is 9.36. The molecule has 2 aromatic carbocycles. The van der Waals surface area contributed by atoms with Crippen LogP contribution >= 0.6 is 0 Å². The minimum Gasteiger partial charge on any atom is -0.443 e. The van der Waals surface area contributed by atoms with E-state index < -0.39 is 17.1 Å². The van der Waals surface area contributed by atoms with E-state index in [0.29, 0.717) is 39.7 Å². The van der Waals surface area contributed by atoms with Gasteiger partial charge in [0.05, 0.1) is 34.0 Å². The fourth-order valence-corrected chi connectivity index (χ4v) is 4.19. The van der Waals surface area contributed by atoms with E-state index in [2.05, 4.69) is 27.4 Å². The quantitative estimate of drug-likeness (QED) is 0.493. The lowest BCUT2D eigenvalue weighted by Crippen LogP contribution is -2.39. The Morgan fingerprint density at radius 2 is 1.95 bits per heavy atom. The van der Waals surface area contributed by atoms with Crippen LogP contribution in [0.4, 0.5) is 22.1 Å². The first kappa shape index (κ1) is 25.3. The molecular formula is C28H26N6O3. The molecule has 1 amide bonds. The average molecular weight is 495 g/mol. The Labute approximate surface area is 215 Å². The Balaban J connectivity index is 1.77. The summed E-state index contributed by atoms with van der Waals surface area (Å²) in [4.78, 5) is 35.4. The Morgan fingerprint density at radius 1 is 1.19 bits per heavy atom. The maximum Gasteiger partial charge on any atom is 0.414 e. The second-order valence-electron chi connectivity index (χ2n) is 10.2. The minimum atomic E-state index is -1.03. The van der Waals surface area contributed by atoms with Crippen LogP contribution in [0.5, 0.6) is 0 Å². The summed E-state index contributed by atoms with van der Waals surface area (Å²) in [6.07, 6.45) is 1.75. The number of aromatic nitrogens is 2. The SMILES string of the molecule is Cc1ccc(C#N)cc1Nc1nccc(-c2cc(C#N)c3c(c2)C(C)(C=O)CN3C(=O)OC(C)(C)C)n1. The monoisotopic (exact) mass is 494 g/mol. The highest BCUT2D eigenvalue weighted by Crippen LogP contribution is 2.44. The molecule has 2 heterocycles. The Kier molecular flexibility index (Phi) is 6.41. The summed E-state index contributed by atoms with van der Waals surface area (Å²) >= 11 is 0. The van der Waals surface area contributed by atoms with E-state index >= 15 is 0 Å². The number of nitriles is 2. The van der Waals surface area contributed by atoms with Gasteiger partial charge in [0.1, 0.15) is 18.0 Å². The molecule has 0 radical (unpaired) electrons. The van der Waals surface area contributed by atoms with Crippen LogP contribution in [0.15, 0.2) is 42.6 Å². The minimum absolute atomic E-state index is 0.0595. The molecule has 4 rings (SSSR count). The number of hydrogen-bond donors (Lipinski definition) is 1. The van der Waals surface area contributed by atoms with Gasteiger partial charge >= 0.3 is 6.09 Å². The van der Waals surface area contributed by atoms with E-state index in [4.69, 9.17) is 4.74 Å². The third-order valence-corrected chi connectivity index (χ3v) is 6.04. The van der Waals surface area contributed by atoms with Gasteiger partial charge in [-0.1, -0.05) is 6.07 Å². The Hall–Kier alpha value is -4.76. The average Bonchev–Trinajstić information content (AvgIpc) is 3.17. The van der Waals surface area contributed by atoms with Crippen LogP contribution in [0.1, 0.15) is 49.9 Å². The molecule has 0 bridgehead atoms. The molecule has 1 N–H and O–H groups in total. The highest BCUT2D eigenvalue weighted by Gasteiger charge is 2.44. The number of fused-ring (bicyclic) bond motifs is 1. The van der Waals surface area contributed by atoms with Gasteiger partial charge in [0.15, 0.2) is 0 Å². The maximum atomic E-state index is 13.0. The molecule has 0 saturated carbocycles. The summed E-state index contributed by atoms with van der Waals surface area (Å²) in [7, 11) is 0.